The van der Waals surface area contributed by atoms with Gasteiger partial charge in [-0.2, -0.15) is 4.99 Å². The van der Waals surface area contributed by atoms with E-state index in [9.17, 15) is 9.18 Å². The van der Waals surface area contributed by atoms with Crippen molar-refractivity contribution >= 4 is 35.1 Å². The molecule has 2 rings (SSSR count). The number of halogens is 3. The van der Waals surface area contributed by atoms with Crippen molar-refractivity contribution in [2.75, 3.05) is 19.8 Å². The van der Waals surface area contributed by atoms with Crippen LogP contribution in [-0.2, 0) is 11.3 Å². The molecule has 0 radical (unpaired) electrons. The number of nitrogens with zero attached hydrogens (tertiary/aromatic N) is 3. The standard InChI is InChI=1S/C11H10Cl2FN3O2/c12-8-3-7(4-15-10(8)13)5-17(2-1-14)9-6-19-11(18)16-9/h3-4H,1-2,5-6H2. The highest BCUT2D eigenvalue weighted by Gasteiger charge is 2.21. The molecular weight excluding hydrogens is 296 g/mol. The molecule has 0 saturated heterocycles. The average molecular weight is 306 g/mol. The Morgan fingerprint density at radius 2 is 2.26 bits per heavy atom. The topological polar surface area (TPSA) is 54.8 Å². The van der Waals surface area contributed by atoms with Crippen molar-refractivity contribution in [3.63, 3.8) is 0 Å². The Morgan fingerprint density at radius 1 is 1.47 bits per heavy atom. The third-order valence-electron chi connectivity index (χ3n) is 2.49. The molecular formula is C11H10Cl2FN3O2. The van der Waals surface area contributed by atoms with E-state index in [0.29, 0.717) is 17.4 Å². The molecule has 0 unspecified atom stereocenters. The predicted octanol–water partition coefficient (Wildman–Crippen LogP) is 2.71. The zero-order valence-electron chi connectivity index (χ0n) is 9.78. The molecule has 1 aliphatic heterocycles. The quantitative estimate of drug-likeness (QED) is 0.803. The van der Waals surface area contributed by atoms with Crippen LogP contribution in [0.25, 0.3) is 0 Å². The third-order valence-corrected chi connectivity index (χ3v) is 3.18. The second-order valence-corrected chi connectivity index (χ2v) is 4.57. The predicted molar refractivity (Wildman–Crippen MR) is 69.4 cm³/mol. The SMILES string of the molecule is O=C1N=C(N(CCF)Cc2cnc(Cl)c(Cl)c2)CO1. The molecule has 0 N–H and O–H groups in total. The second-order valence-electron chi connectivity index (χ2n) is 3.81. The highest BCUT2D eigenvalue weighted by molar-refractivity contribution is 6.41. The zero-order chi connectivity index (χ0) is 13.8. The summed E-state index contributed by atoms with van der Waals surface area (Å²) in [6, 6.07) is 1.64. The number of alkyl halides is 1. The van der Waals surface area contributed by atoms with E-state index in [4.69, 9.17) is 27.9 Å². The van der Waals surface area contributed by atoms with Gasteiger partial charge in [-0.1, -0.05) is 23.2 Å². The number of rotatable bonds is 4. The number of carbonyl (C=O) groups excluding carboxylic acids is 1. The van der Waals surface area contributed by atoms with E-state index < -0.39 is 12.8 Å². The van der Waals surface area contributed by atoms with Gasteiger partial charge < -0.3 is 9.64 Å². The summed E-state index contributed by atoms with van der Waals surface area (Å²) in [5, 5.41) is 0.527. The molecule has 1 aromatic heterocycles. The number of pyridine rings is 1. The van der Waals surface area contributed by atoms with Crippen LogP contribution in [0.5, 0.6) is 0 Å². The number of ether oxygens (including phenoxy) is 1. The molecule has 1 aliphatic rings. The summed E-state index contributed by atoms with van der Waals surface area (Å²) >= 11 is 11.6. The van der Waals surface area contributed by atoms with Crippen LogP contribution in [0.15, 0.2) is 17.3 Å². The fourth-order valence-corrected chi connectivity index (χ4v) is 1.92. The van der Waals surface area contributed by atoms with Crippen LogP contribution in [0.4, 0.5) is 9.18 Å². The Balaban J connectivity index is 2.14. The lowest BCUT2D eigenvalue weighted by Crippen LogP contribution is -2.33. The Hall–Kier alpha value is -1.40. The highest BCUT2D eigenvalue weighted by Crippen LogP contribution is 2.20. The van der Waals surface area contributed by atoms with Gasteiger partial charge in [0.15, 0.2) is 12.4 Å². The van der Waals surface area contributed by atoms with Crippen molar-refractivity contribution in [1.29, 1.82) is 0 Å². The maximum absolute atomic E-state index is 12.6. The summed E-state index contributed by atoms with van der Waals surface area (Å²) in [6.07, 6.45) is 0.878. The van der Waals surface area contributed by atoms with Crippen LogP contribution in [0.1, 0.15) is 5.56 Å². The van der Waals surface area contributed by atoms with E-state index in [0.717, 1.165) is 5.56 Å². The Bertz CT molecular complexity index is 525. The smallest absolute Gasteiger partial charge is 0.435 e. The zero-order valence-corrected chi connectivity index (χ0v) is 11.3. The lowest BCUT2D eigenvalue weighted by atomic mass is 10.2. The molecule has 2 heterocycles. The van der Waals surface area contributed by atoms with Gasteiger partial charge in [0.1, 0.15) is 11.8 Å². The van der Waals surface area contributed by atoms with Gasteiger partial charge in [0.05, 0.1) is 5.02 Å². The third kappa shape index (κ3) is 3.54. The molecule has 0 spiro atoms. The number of aliphatic imine (C=N–C) groups is 1. The minimum Gasteiger partial charge on any atom is -0.440 e. The van der Waals surface area contributed by atoms with Gasteiger partial charge in [-0.05, 0) is 11.6 Å². The van der Waals surface area contributed by atoms with Crippen molar-refractivity contribution in [3.8, 4) is 0 Å². The first-order valence-electron chi connectivity index (χ1n) is 5.45. The Morgan fingerprint density at radius 3 is 2.84 bits per heavy atom. The van der Waals surface area contributed by atoms with Crippen molar-refractivity contribution in [2.45, 2.75) is 6.54 Å². The van der Waals surface area contributed by atoms with Crippen LogP contribution >= 0.6 is 23.2 Å². The minimum atomic E-state index is -0.661. The lowest BCUT2D eigenvalue weighted by molar-refractivity contribution is 0.179. The molecule has 0 aromatic carbocycles. The normalized spacial score (nSPS) is 14.3. The van der Waals surface area contributed by atoms with Gasteiger partial charge in [0.2, 0.25) is 0 Å². The van der Waals surface area contributed by atoms with Gasteiger partial charge in [-0.25, -0.2) is 14.2 Å². The van der Waals surface area contributed by atoms with Crippen LogP contribution in [0, 0.1) is 0 Å². The van der Waals surface area contributed by atoms with Gasteiger partial charge in [-0.3, -0.25) is 0 Å². The van der Waals surface area contributed by atoms with E-state index in [-0.39, 0.29) is 18.3 Å². The molecule has 19 heavy (non-hydrogen) atoms. The second kappa shape index (κ2) is 6.16. The maximum atomic E-state index is 12.6. The van der Waals surface area contributed by atoms with Crippen LogP contribution in [-0.4, -0.2) is 41.6 Å². The monoisotopic (exact) mass is 305 g/mol. The molecule has 102 valence electrons. The van der Waals surface area contributed by atoms with E-state index in [1.54, 1.807) is 11.0 Å². The first-order chi connectivity index (χ1) is 9.10. The summed E-state index contributed by atoms with van der Waals surface area (Å²) in [4.78, 5) is 20.1. The van der Waals surface area contributed by atoms with Crippen LogP contribution < -0.4 is 0 Å². The Kier molecular flexibility index (Phi) is 4.55. The van der Waals surface area contributed by atoms with Crippen molar-refractivity contribution in [3.05, 3.63) is 28.0 Å². The lowest BCUT2D eigenvalue weighted by Gasteiger charge is -2.22. The highest BCUT2D eigenvalue weighted by atomic mass is 35.5. The van der Waals surface area contributed by atoms with Crippen LogP contribution in [0.2, 0.25) is 10.2 Å². The van der Waals surface area contributed by atoms with Gasteiger partial charge >= 0.3 is 6.09 Å². The fraction of sp³-hybridized carbons (Fsp3) is 0.364. The molecule has 1 amide bonds. The van der Waals surface area contributed by atoms with Gasteiger partial charge in [0, 0.05) is 19.3 Å². The van der Waals surface area contributed by atoms with Crippen molar-refractivity contribution < 1.29 is 13.9 Å². The first-order valence-corrected chi connectivity index (χ1v) is 6.21. The molecule has 0 saturated carbocycles. The van der Waals surface area contributed by atoms with E-state index >= 15 is 0 Å². The summed E-state index contributed by atoms with van der Waals surface area (Å²) in [7, 11) is 0. The van der Waals surface area contributed by atoms with Gasteiger partial charge in [0.25, 0.3) is 0 Å². The molecule has 0 atom stereocenters. The minimum absolute atomic E-state index is 0.0492. The van der Waals surface area contributed by atoms with Crippen molar-refractivity contribution in [2.24, 2.45) is 4.99 Å². The molecule has 1 aromatic rings. The largest absolute Gasteiger partial charge is 0.440 e. The summed E-state index contributed by atoms with van der Waals surface area (Å²) < 4.78 is 17.3. The number of hydrogen-bond donors (Lipinski definition) is 0. The Labute approximate surface area is 119 Å². The van der Waals surface area contributed by atoms with Gasteiger partial charge in [-0.15, -0.1) is 0 Å². The average Bonchev–Trinajstić information content (AvgIpc) is 2.80. The number of amidine groups is 1. The van der Waals surface area contributed by atoms with E-state index in [2.05, 4.69) is 9.98 Å². The number of aromatic nitrogens is 1. The first kappa shape index (κ1) is 14.0. The molecule has 8 heteroatoms. The van der Waals surface area contributed by atoms with E-state index in [1.165, 1.54) is 6.20 Å². The molecule has 5 nitrogen and oxygen atoms in total. The van der Waals surface area contributed by atoms with Crippen molar-refractivity contribution in [1.82, 2.24) is 9.88 Å². The number of carbonyl (C=O) groups is 1. The van der Waals surface area contributed by atoms with Crippen LogP contribution in [0.3, 0.4) is 0 Å². The number of cyclic esters (lactones) is 1. The molecule has 0 bridgehead atoms. The maximum Gasteiger partial charge on any atom is 0.435 e. The molecule has 0 aliphatic carbocycles. The molecule has 0 fully saturated rings. The summed E-state index contributed by atoms with van der Waals surface area (Å²) in [5.74, 6) is 0.397. The number of amides is 1. The summed E-state index contributed by atoms with van der Waals surface area (Å²) in [6.45, 7) is -0.0887. The summed E-state index contributed by atoms with van der Waals surface area (Å²) in [5.41, 5.74) is 0.741. The van der Waals surface area contributed by atoms with E-state index in [1.807, 2.05) is 0 Å². The fourth-order valence-electron chi connectivity index (χ4n) is 1.63. The number of hydrogen-bond acceptors (Lipinski definition) is 4.